The number of hydrogen-bond acceptors (Lipinski definition) is 5. The number of amides is 1. The number of primary amides is 1. The number of aromatic nitrogens is 5. The Hall–Kier alpha value is -4.25. The third-order valence-electron chi connectivity index (χ3n) is 9.12. The molecule has 7 rings (SSSR count). The monoisotopic (exact) mass is 615 g/mol. The van der Waals surface area contributed by atoms with Crippen LogP contribution in [0.3, 0.4) is 0 Å². The molecule has 5 aromatic rings. The quantitative estimate of drug-likeness (QED) is 0.213. The Morgan fingerprint density at radius 1 is 1.04 bits per heavy atom. The molecule has 0 radical (unpaired) electrons. The van der Waals surface area contributed by atoms with E-state index in [1.54, 1.807) is 17.1 Å². The Balaban J connectivity index is 1.28. The van der Waals surface area contributed by atoms with E-state index in [9.17, 15) is 18.0 Å². The molecule has 0 spiro atoms. The third-order valence-corrected chi connectivity index (χ3v) is 9.12. The number of rotatable bonds is 9. The van der Waals surface area contributed by atoms with Gasteiger partial charge in [0.05, 0.1) is 41.8 Å². The molecular formula is C34H36F3N7O. The minimum Gasteiger partial charge on any atom is -0.366 e. The van der Waals surface area contributed by atoms with Crippen molar-refractivity contribution in [3.8, 4) is 11.1 Å². The van der Waals surface area contributed by atoms with Crippen molar-refractivity contribution in [2.24, 2.45) is 11.7 Å². The van der Waals surface area contributed by atoms with Crippen LogP contribution < -0.4 is 5.73 Å². The molecule has 1 saturated carbocycles. The van der Waals surface area contributed by atoms with Gasteiger partial charge >= 0.3 is 0 Å². The molecule has 2 aliphatic rings. The van der Waals surface area contributed by atoms with E-state index in [-0.39, 0.29) is 18.5 Å². The summed E-state index contributed by atoms with van der Waals surface area (Å²) in [7, 11) is 0. The predicted octanol–water partition coefficient (Wildman–Crippen LogP) is 6.21. The van der Waals surface area contributed by atoms with E-state index < -0.39 is 23.2 Å². The van der Waals surface area contributed by atoms with Crippen molar-refractivity contribution in [2.75, 3.05) is 19.6 Å². The van der Waals surface area contributed by atoms with Gasteiger partial charge in [-0.1, -0.05) is 26.0 Å². The number of carbonyl (C=O) groups excluding carboxylic acids is 1. The first-order valence-electron chi connectivity index (χ1n) is 15.6. The molecule has 45 heavy (non-hydrogen) atoms. The van der Waals surface area contributed by atoms with Crippen molar-refractivity contribution >= 4 is 27.8 Å². The molecule has 1 saturated heterocycles. The highest BCUT2D eigenvalue weighted by Gasteiger charge is 2.45. The van der Waals surface area contributed by atoms with Crippen molar-refractivity contribution in [1.29, 1.82) is 0 Å². The van der Waals surface area contributed by atoms with Crippen LogP contribution in [0.5, 0.6) is 0 Å². The molecule has 0 atom stereocenters. The Kier molecular flexibility index (Phi) is 7.38. The number of pyridine rings is 1. The maximum atomic E-state index is 14.4. The first-order chi connectivity index (χ1) is 21.6. The van der Waals surface area contributed by atoms with E-state index in [2.05, 4.69) is 23.8 Å². The fraction of sp³-hybridized carbons (Fsp3) is 0.412. The van der Waals surface area contributed by atoms with Gasteiger partial charge in [-0.3, -0.25) is 9.48 Å². The third kappa shape index (κ3) is 5.69. The number of likely N-dealkylation sites (tertiary alicyclic amines) is 1. The zero-order valence-corrected chi connectivity index (χ0v) is 25.4. The second-order valence-electron chi connectivity index (χ2n) is 13.1. The number of nitrogens with two attached hydrogens (primary N) is 1. The molecule has 234 valence electrons. The van der Waals surface area contributed by atoms with E-state index in [1.807, 2.05) is 22.9 Å². The van der Waals surface area contributed by atoms with Crippen LogP contribution in [0.1, 0.15) is 67.2 Å². The van der Waals surface area contributed by atoms with Crippen LogP contribution in [-0.4, -0.2) is 60.7 Å². The van der Waals surface area contributed by atoms with E-state index >= 15 is 0 Å². The summed E-state index contributed by atoms with van der Waals surface area (Å²) in [5.74, 6) is -2.11. The normalized spacial score (nSPS) is 17.1. The number of benzene rings is 2. The topological polar surface area (TPSA) is 94.9 Å². The molecule has 1 aliphatic heterocycles. The summed E-state index contributed by atoms with van der Waals surface area (Å²) in [6.07, 6.45) is 7.05. The lowest BCUT2D eigenvalue weighted by Crippen LogP contribution is -2.39. The van der Waals surface area contributed by atoms with Crippen molar-refractivity contribution in [3.05, 3.63) is 77.2 Å². The second kappa shape index (κ2) is 11.3. The van der Waals surface area contributed by atoms with Crippen LogP contribution in [0, 0.1) is 17.6 Å². The largest absolute Gasteiger partial charge is 0.366 e. The zero-order valence-electron chi connectivity index (χ0n) is 25.4. The summed E-state index contributed by atoms with van der Waals surface area (Å²) in [5.41, 5.74) is 9.65. The first kappa shape index (κ1) is 29.5. The molecule has 2 aromatic carbocycles. The van der Waals surface area contributed by atoms with Crippen LogP contribution in [0.4, 0.5) is 13.2 Å². The molecule has 2 fully saturated rings. The standard InChI is InChI=1S/C34H36F3N7O/c1-20(2)13-28-31(32(38)45)30(22-4-6-29-23(15-22)16-39-43(29)18-21-3-5-26(35)27(36)14-21)25-17-40-44(33(25)41-28)24-7-11-42(12-8-24)19-34(37)9-10-34/h3-6,14-17,20,24H,7-13,18-19H2,1-2H3,(H2,38,45). The van der Waals surface area contributed by atoms with Gasteiger partial charge in [-0.2, -0.15) is 10.2 Å². The Morgan fingerprint density at radius 2 is 1.82 bits per heavy atom. The van der Waals surface area contributed by atoms with Crippen molar-refractivity contribution < 1.29 is 18.0 Å². The van der Waals surface area contributed by atoms with Gasteiger partial charge in [-0.15, -0.1) is 0 Å². The fourth-order valence-corrected chi connectivity index (χ4v) is 6.67. The maximum absolute atomic E-state index is 14.4. The molecule has 0 unspecified atom stereocenters. The summed E-state index contributed by atoms with van der Waals surface area (Å²) < 4.78 is 45.4. The number of halogens is 3. The molecule has 4 heterocycles. The lowest BCUT2D eigenvalue weighted by molar-refractivity contribution is 0.0999. The highest BCUT2D eigenvalue weighted by molar-refractivity contribution is 6.09. The number of nitrogens with zero attached hydrogens (tertiary/aromatic N) is 6. The van der Waals surface area contributed by atoms with Gasteiger partial charge in [0, 0.05) is 36.0 Å². The van der Waals surface area contributed by atoms with Crippen LogP contribution in [0.2, 0.25) is 0 Å². The van der Waals surface area contributed by atoms with E-state index in [0.29, 0.717) is 53.8 Å². The molecule has 2 N–H and O–H groups in total. The predicted molar refractivity (Wildman–Crippen MR) is 167 cm³/mol. The molecule has 11 heteroatoms. The van der Waals surface area contributed by atoms with E-state index in [0.717, 1.165) is 53.9 Å². The van der Waals surface area contributed by atoms with Crippen LogP contribution in [0.25, 0.3) is 33.1 Å². The number of carbonyl (C=O) groups is 1. The SMILES string of the molecule is CC(C)Cc1nc2c(cnn2C2CCN(CC3(F)CC3)CC2)c(-c2ccc3c(cnn3Cc3ccc(F)c(F)c3)c2)c1C(N)=O. The van der Waals surface area contributed by atoms with Crippen LogP contribution in [-0.2, 0) is 13.0 Å². The highest BCUT2D eigenvalue weighted by atomic mass is 19.2. The van der Waals surface area contributed by atoms with Gasteiger partial charge in [0.1, 0.15) is 5.67 Å². The van der Waals surface area contributed by atoms with Crippen LogP contribution >= 0.6 is 0 Å². The molecule has 1 aliphatic carbocycles. The maximum Gasteiger partial charge on any atom is 0.251 e. The minimum absolute atomic E-state index is 0.109. The van der Waals surface area contributed by atoms with Crippen molar-refractivity contribution in [1.82, 2.24) is 29.4 Å². The zero-order chi connectivity index (χ0) is 31.5. The minimum atomic E-state index is -1.00. The van der Waals surface area contributed by atoms with E-state index in [1.165, 1.54) is 12.1 Å². The number of alkyl halides is 1. The molecule has 8 nitrogen and oxygen atoms in total. The van der Waals surface area contributed by atoms with E-state index in [4.69, 9.17) is 15.8 Å². The molecule has 0 bridgehead atoms. The molecular weight excluding hydrogens is 579 g/mol. The number of piperidine rings is 1. The highest BCUT2D eigenvalue weighted by Crippen LogP contribution is 2.42. The summed E-state index contributed by atoms with van der Waals surface area (Å²) in [6, 6.07) is 9.73. The first-order valence-corrected chi connectivity index (χ1v) is 15.6. The lowest BCUT2D eigenvalue weighted by Gasteiger charge is -2.33. The molecule has 3 aromatic heterocycles. The lowest BCUT2D eigenvalue weighted by atomic mass is 9.92. The van der Waals surface area contributed by atoms with Crippen molar-refractivity contribution in [2.45, 2.75) is 64.2 Å². The smallest absolute Gasteiger partial charge is 0.251 e. The average molecular weight is 616 g/mol. The Labute approximate surface area is 259 Å². The average Bonchev–Trinajstić information content (AvgIpc) is 3.38. The van der Waals surface area contributed by atoms with Gasteiger partial charge in [0.25, 0.3) is 5.91 Å². The summed E-state index contributed by atoms with van der Waals surface area (Å²) in [5, 5.41) is 10.9. The number of fused-ring (bicyclic) bond motifs is 2. The Bertz CT molecular complexity index is 1920. The second-order valence-corrected chi connectivity index (χ2v) is 13.1. The molecule has 1 amide bonds. The van der Waals surface area contributed by atoms with Gasteiger partial charge in [-0.25, -0.2) is 22.8 Å². The van der Waals surface area contributed by atoms with Crippen molar-refractivity contribution in [3.63, 3.8) is 0 Å². The van der Waals surface area contributed by atoms with Gasteiger partial charge in [-0.05, 0) is 73.4 Å². The van der Waals surface area contributed by atoms with Gasteiger partial charge in [0.15, 0.2) is 17.3 Å². The Morgan fingerprint density at radius 3 is 2.51 bits per heavy atom. The summed E-state index contributed by atoms with van der Waals surface area (Å²) in [4.78, 5) is 20.3. The van der Waals surface area contributed by atoms with Gasteiger partial charge in [0.2, 0.25) is 0 Å². The van der Waals surface area contributed by atoms with Gasteiger partial charge < -0.3 is 10.6 Å². The van der Waals surface area contributed by atoms with Crippen LogP contribution in [0.15, 0.2) is 48.8 Å². The fourth-order valence-electron chi connectivity index (χ4n) is 6.67. The number of hydrogen-bond donors (Lipinski definition) is 1. The summed E-state index contributed by atoms with van der Waals surface area (Å²) >= 11 is 0. The summed E-state index contributed by atoms with van der Waals surface area (Å²) in [6.45, 7) is 6.52.